The summed E-state index contributed by atoms with van der Waals surface area (Å²) in [6.07, 6.45) is 1.04. The maximum atomic E-state index is 12.7. The fourth-order valence-corrected chi connectivity index (χ4v) is 2.74. The van der Waals surface area contributed by atoms with E-state index in [9.17, 15) is 4.79 Å². The molecular weight excluding hydrogens is 264 g/mol. The topological polar surface area (TPSA) is 48.5 Å². The number of aromatic nitrogens is 1. The van der Waals surface area contributed by atoms with E-state index in [0.717, 1.165) is 49.7 Å². The zero-order valence-electron chi connectivity index (χ0n) is 13.5. The molecule has 1 aromatic rings. The van der Waals surface area contributed by atoms with Crippen LogP contribution in [0.2, 0.25) is 0 Å². The van der Waals surface area contributed by atoms with Gasteiger partial charge in [-0.2, -0.15) is 0 Å². The van der Waals surface area contributed by atoms with Gasteiger partial charge in [0.2, 0.25) is 0 Å². The third-order valence-corrected chi connectivity index (χ3v) is 3.85. The van der Waals surface area contributed by atoms with Crippen LogP contribution in [0.15, 0.2) is 12.1 Å². The predicted octanol–water partition coefficient (Wildman–Crippen LogP) is 1.99. The van der Waals surface area contributed by atoms with E-state index in [1.165, 1.54) is 0 Å². The number of pyridine rings is 1. The van der Waals surface area contributed by atoms with Crippen LogP contribution < -0.4 is 5.32 Å². The maximum absolute atomic E-state index is 12.7. The molecule has 1 N–H and O–H groups in total. The first-order valence-electron chi connectivity index (χ1n) is 7.73. The molecule has 1 fully saturated rings. The number of aryl methyl sites for hydroxylation is 1. The number of hydrogen-bond acceptors (Lipinski definition) is 4. The summed E-state index contributed by atoms with van der Waals surface area (Å²) in [7, 11) is 2.10. The van der Waals surface area contributed by atoms with Crippen LogP contribution in [0.5, 0.6) is 0 Å². The molecule has 1 saturated heterocycles. The normalized spacial score (nSPS) is 19.6. The molecule has 0 aromatic carbocycles. The van der Waals surface area contributed by atoms with Gasteiger partial charge in [-0.15, -0.1) is 0 Å². The third kappa shape index (κ3) is 3.94. The van der Waals surface area contributed by atoms with Gasteiger partial charge < -0.3 is 15.1 Å². The van der Waals surface area contributed by atoms with Gasteiger partial charge in [-0.3, -0.25) is 4.79 Å². The van der Waals surface area contributed by atoms with Crippen LogP contribution in [0.4, 0.5) is 5.82 Å². The molecule has 0 aliphatic carbocycles. The summed E-state index contributed by atoms with van der Waals surface area (Å²) in [6.45, 7) is 9.67. The summed E-state index contributed by atoms with van der Waals surface area (Å²) >= 11 is 0. The summed E-state index contributed by atoms with van der Waals surface area (Å²) in [5.41, 5.74) is 1.61. The van der Waals surface area contributed by atoms with E-state index in [0.29, 0.717) is 0 Å². The van der Waals surface area contributed by atoms with Gasteiger partial charge in [0.15, 0.2) is 0 Å². The number of piperazine rings is 1. The van der Waals surface area contributed by atoms with E-state index in [4.69, 9.17) is 0 Å². The largest absolute Gasteiger partial charge is 0.370 e. The molecule has 1 aliphatic heterocycles. The molecule has 0 spiro atoms. The van der Waals surface area contributed by atoms with Crippen molar-refractivity contribution in [1.29, 1.82) is 0 Å². The Morgan fingerprint density at radius 2 is 2.19 bits per heavy atom. The Morgan fingerprint density at radius 1 is 1.43 bits per heavy atom. The number of rotatable bonds is 4. The highest BCUT2D eigenvalue weighted by Gasteiger charge is 2.26. The number of nitrogens with zero attached hydrogens (tertiary/aromatic N) is 3. The van der Waals surface area contributed by atoms with E-state index in [-0.39, 0.29) is 11.9 Å². The van der Waals surface area contributed by atoms with Crippen molar-refractivity contribution in [2.75, 3.05) is 38.5 Å². The lowest BCUT2D eigenvalue weighted by atomic mass is 10.1. The van der Waals surface area contributed by atoms with E-state index in [1.807, 2.05) is 24.0 Å². The monoisotopic (exact) mass is 290 g/mol. The molecule has 116 valence electrons. The summed E-state index contributed by atoms with van der Waals surface area (Å²) in [5, 5.41) is 3.26. The minimum atomic E-state index is 0.112. The van der Waals surface area contributed by atoms with Crippen molar-refractivity contribution in [3.8, 4) is 0 Å². The quantitative estimate of drug-likeness (QED) is 0.921. The van der Waals surface area contributed by atoms with Crippen molar-refractivity contribution < 1.29 is 4.79 Å². The molecule has 5 nitrogen and oxygen atoms in total. The second-order valence-corrected chi connectivity index (χ2v) is 5.92. The minimum absolute atomic E-state index is 0.112. The smallest absolute Gasteiger partial charge is 0.254 e. The Bertz CT molecular complexity index is 503. The van der Waals surface area contributed by atoms with E-state index < -0.39 is 0 Å². The predicted molar refractivity (Wildman–Crippen MR) is 85.8 cm³/mol. The Morgan fingerprint density at radius 3 is 2.86 bits per heavy atom. The number of likely N-dealkylation sites (N-methyl/N-ethyl adjacent to an activating group) is 1. The standard InChI is InChI=1S/C16H26N4O/c1-5-6-17-15-10-14(9-12(2)18-15)16(21)20-8-7-19(4)11-13(20)3/h9-10,13H,5-8,11H2,1-4H3,(H,17,18). The van der Waals surface area contributed by atoms with Crippen LogP contribution >= 0.6 is 0 Å². The first-order valence-corrected chi connectivity index (χ1v) is 7.73. The van der Waals surface area contributed by atoms with Gasteiger partial charge in [-0.1, -0.05) is 6.92 Å². The number of anilines is 1. The lowest BCUT2D eigenvalue weighted by Gasteiger charge is -2.38. The fraction of sp³-hybridized carbons (Fsp3) is 0.625. The van der Waals surface area contributed by atoms with Crippen molar-refractivity contribution in [3.05, 3.63) is 23.4 Å². The molecule has 1 unspecified atom stereocenters. The molecule has 21 heavy (non-hydrogen) atoms. The molecule has 0 bridgehead atoms. The Kier molecular flexibility index (Phi) is 5.17. The van der Waals surface area contributed by atoms with Crippen molar-refractivity contribution in [1.82, 2.24) is 14.8 Å². The van der Waals surface area contributed by atoms with Gasteiger partial charge in [0.25, 0.3) is 5.91 Å². The summed E-state index contributed by atoms with van der Waals surface area (Å²) < 4.78 is 0. The van der Waals surface area contributed by atoms with Gasteiger partial charge >= 0.3 is 0 Å². The molecule has 2 heterocycles. The van der Waals surface area contributed by atoms with Crippen LogP contribution in [0.3, 0.4) is 0 Å². The highest BCUT2D eigenvalue weighted by molar-refractivity contribution is 5.95. The lowest BCUT2D eigenvalue weighted by Crippen LogP contribution is -2.52. The molecule has 1 aromatic heterocycles. The third-order valence-electron chi connectivity index (χ3n) is 3.85. The van der Waals surface area contributed by atoms with Gasteiger partial charge in [0, 0.05) is 43.5 Å². The number of amides is 1. The SMILES string of the molecule is CCCNc1cc(C(=O)N2CCN(C)CC2C)cc(C)n1. The molecule has 2 rings (SSSR count). The van der Waals surface area contributed by atoms with Gasteiger partial charge in [-0.05, 0) is 39.4 Å². The highest BCUT2D eigenvalue weighted by atomic mass is 16.2. The van der Waals surface area contributed by atoms with Crippen LogP contribution in [-0.2, 0) is 0 Å². The summed E-state index contributed by atoms with van der Waals surface area (Å²) in [5.74, 6) is 0.905. The summed E-state index contributed by atoms with van der Waals surface area (Å²) in [4.78, 5) is 21.4. The van der Waals surface area contributed by atoms with Crippen LogP contribution in [0.1, 0.15) is 36.3 Å². The first-order chi connectivity index (χ1) is 10.0. The zero-order chi connectivity index (χ0) is 15.4. The van der Waals surface area contributed by atoms with Gasteiger partial charge in [0.1, 0.15) is 5.82 Å². The summed E-state index contributed by atoms with van der Waals surface area (Å²) in [6, 6.07) is 4.00. The van der Waals surface area contributed by atoms with E-state index in [1.54, 1.807) is 0 Å². The Balaban J connectivity index is 2.16. The second kappa shape index (κ2) is 6.89. The number of nitrogens with one attached hydrogen (secondary N) is 1. The zero-order valence-corrected chi connectivity index (χ0v) is 13.5. The van der Waals surface area contributed by atoms with Gasteiger partial charge in [0.05, 0.1) is 0 Å². The first kappa shape index (κ1) is 15.8. The second-order valence-electron chi connectivity index (χ2n) is 5.92. The average molecular weight is 290 g/mol. The fourth-order valence-electron chi connectivity index (χ4n) is 2.74. The highest BCUT2D eigenvalue weighted by Crippen LogP contribution is 2.16. The number of carbonyl (C=O) groups is 1. The molecule has 5 heteroatoms. The van der Waals surface area contributed by atoms with E-state index >= 15 is 0 Å². The molecule has 1 aliphatic rings. The molecule has 0 radical (unpaired) electrons. The van der Waals surface area contributed by atoms with Crippen LogP contribution in [0, 0.1) is 6.92 Å². The molecular formula is C16H26N4O. The maximum Gasteiger partial charge on any atom is 0.254 e. The van der Waals surface area contributed by atoms with Crippen molar-refractivity contribution in [2.24, 2.45) is 0 Å². The van der Waals surface area contributed by atoms with Gasteiger partial charge in [-0.25, -0.2) is 4.98 Å². The molecule has 1 atom stereocenters. The lowest BCUT2D eigenvalue weighted by molar-refractivity contribution is 0.0533. The van der Waals surface area contributed by atoms with Crippen molar-refractivity contribution in [2.45, 2.75) is 33.2 Å². The number of carbonyl (C=O) groups excluding carboxylic acids is 1. The molecule has 1 amide bonds. The average Bonchev–Trinajstić information content (AvgIpc) is 2.44. The molecule has 0 saturated carbocycles. The van der Waals surface area contributed by atoms with E-state index in [2.05, 4.69) is 36.1 Å². The minimum Gasteiger partial charge on any atom is -0.370 e. The Labute approximate surface area is 127 Å². The van der Waals surface area contributed by atoms with Crippen molar-refractivity contribution in [3.63, 3.8) is 0 Å². The number of hydrogen-bond donors (Lipinski definition) is 1. The van der Waals surface area contributed by atoms with Crippen LogP contribution in [0.25, 0.3) is 0 Å². The van der Waals surface area contributed by atoms with Crippen molar-refractivity contribution >= 4 is 11.7 Å². The van der Waals surface area contributed by atoms with Crippen LogP contribution in [-0.4, -0.2) is 60.0 Å². The Hall–Kier alpha value is -1.62.